The van der Waals surface area contributed by atoms with E-state index in [2.05, 4.69) is 15.0 Å². The normalized spacial score (nSPS) is 11.7. The number of hydrogen-bond donors (Lipinski definition) is 2. The van der Waals surface area contributed by atoms with Gasteiger partial charge in [0.05, 0.1) is 16.8 Å². The maximum absolute atomic E-state index is 12.5. The molecule has 2 aromatic heterocycles. The number of nitrogens with one attached hydrogen (secondary N) is 2. The minimum Gasteiger partial charge on any atom is -0.347 e. The third kappa shape index (κ3) is 5.48. The zero-order chi connectivity index (χ0) is 20.1. The van der Waals surface area contributed by atoms with Gasteiger partial charge in [-0.3, -0.25) is 4.79 Å². The first kappa shape index (κ1) is 20.7. The van der Waals surface area contributed by atoms with Crippen LogP contribution in [0.15, 0.2) is 48.0 Å². The first-order valence-corrected chi connectivity index (χ1v) is 12.0. The summed E-state index contributed by atoms with van der Waals surface area (Å²) < 4.78 is 27.0. The molecule has 28 heavy (non-hydrogen) atoms. The zero-order valence-corrected chi connectivity index (χ0v) is 18.0. The summed E-state index contributed by atoms with van der Waals surface area (Å²) in [7, 11) is -3.44. The Morgan fingerprint density at radius 1 is 1.14 bits per heavy atom. The van der Waals surface area contributed by atoms with E-state index in [1.165, 1.54) is 11.3 Å². The molecule has 0 aliphatic heterocycles. The van der Waals surface area contributed by atoms with Crippen LogP contribution in [0.1, 0.15) is 34.6 Å². The Morgan fingerprint density at radius 3 is 2.57 bits per heavy atom. The van der Waals surface area contributed by atoms with Crippen molar-refractivity contribution in [3.63, 3.8) is 0 Å². The van der Waals surface area contributed by atoms with Gasteiger partial charge in [-0.25, -0.2) is 18.1 Å². The van der Waals surface area contributed by atoms with Crippen molar-refractivity contribution < 1.29 is 13.2 Å². The summed E-state index contributed by atoms with van der Waals surface area (Å²) in [5.74, 6) is -0.349. The maximum Gasteiger partial charge on any atom is 0.263 e. The van der Waals surface area contributed by atoms with Crippen LogP contribution in [0.25, 0.3) is 9.88 Å². The smallest absolute Gasteiger partial charge is 0.263 e. The molecule has 1 amide bonds. The van der Waals surface area contributed by atoms with Gasteiger partial charge < -0.3 is 5.32 Å². The molecule has 0 saturated carbocycles. The number of aromatic nitrogens is 1. The second-order valence-corrected chi connectivity index (χ2v) is 10.2. The van der Waals surface area contributed by atoms with E-state index in [1.807, 2.05) is 29.6 Å². The molecule has 0 atom stereocenters. The molecule has 0 radical (unpaired) electrons. The van der Waals surface area contributed by atoms with Crippen LogP contribution in [-0.2, 0) is 22.3 Å². The highest BCUT2D eigenvalue weighted by molar-refractivity contribution is 7.88. The van der Waals surface area contributed by atoms with Crippen LogP contribution in [0.3, 0.4) is 0 Å². The maximum atomic E-state index is 12.5. The van der Waals surface area contributed by atoms with Gasteiger partial charge in [0.1, 0.15) is 9.88 Å². The van der Waals surface area contributed by atoms with E-state index in [1.54, 1.807) is 43.5 Å². The van der Waals surface area contributed by atoms with Crippen molar-refractivity contribution in [3.8, 4) is 9.88 Å². The molecule has 0 saturated heterocycles. The quantitative estimate of drug-likeness (QED) is 0.566. The van der Waals surface area contributed by atoms with Crippen molar-refractivity contribution in [1.29, 1.82) is 0 Å². The molecule has 2 heterocycles. The monoisotopic (exact) mass is 435 g/mol. The number of carbonyl (C=O) groups is 1. The highest BCUT2D eigenvalue weighted by Gasteiger charge is 2.16. The van der Waals surface area contributed by atoms with Crippen LogP contribution in [0.5, 0.6) is 0 Å². The number of benzene rings is 1. The fourth-order valence-electron chi connectivity index (χ4n) is 2.63. The van der Waals surface area contributed by atoms with E-state index < -0.39 is 10.0 Å². The minimum atomic E-state index is -3.44. The number of rotatable bonds is 8. The first-order chi connectivity index (χ1) is 13.3. The van der Waals surface area contributed by atoms with Crippen LogP contribution < -0.4 is 10.0 Å². The molecule has 0 unspecified atom stereocenters. The molecular formula is C19H21N3O3S3. The van der Waals surface area contributed by atoms with Gasteiger partial charge in [-0.05, 0) is 36.4 Å². The molecule has 3 rings (SSSR count). The van der Waals surface area contributed by atoms with E-state index >= 15 is 0 Å². The average Bonchev–Trinajstić information content (AvgIpc) is 3.30. The van der Waals surface area contributed by atoms with Crippen molar-refractivity contribution >= 4 is 38.6 Å². The molecule has 1 aromatic carbocycles. The SMILES string of the molecule is CC(C)NS(=O)(=O)Cc1ccccc1CNC(=O)c1cnc(-c2cccs2)s1. The standard InChI is InChI=1S/C19H21N3O3S3/c1-13(2)22-28(24,25)12-15-7-4-3-6-14(15)10-20-18(23)17-11-21-19(27-17)16-8-5-9-26-16/h3-9,11,13,22H,10,12H2,1-2H3,(H,20,23). The Labute approximate surface area is 172 Å². The van der Waals surface area contributed by atoms with E-state index in [4.69, 9.17) is 0 Å². The molecule has 0 spiro atoms. The molecule has 0 fully saturated rings. The predicted octanol–water partition coefficient (Wildman–Crippen LogP) is 3.63. The van der Waals surface area contributed by atoms with E-state index in [0.717, 1.165) is 15.4 Å². The fourth-order valence-corrected chi connectivity index (χ4v) is 5.76. The van der Waals surface area contributed by atoms with Crippen molar-refractivity contribution in [2.45, 2.75) is 32.2 Å². The molecule has 2 N–H and O–H groups in total. The van der Waals surface area contributed by atoms with Crippen LogP contribution in [0, 0.1) is 0 Å². The van der Waals surface area contributed by atoms with Gasteiger partial charge in [0.2, 0.25) is 10.0 Å². The topological polar surface area (TPSA) is 88.2 Å². The molecule has 0 aliphatic rings. The van der Waals surface area contributed by atoms with Gasteiger partial charge in [0.15, 0.2) is 0 Å². The lowest BCUT2D eigenvalue weighted by Crippen LogP contribution is -2.31. The first-order valence-electron chi connectivity index (χ1n) is 8.69. The molecular weight excluding hydrogens is 414 g/mol. The Bertz CT molecular complexity index is 1040. The van der Waals surface area contributed by atoms with Gasteiger partial charge in [-0.1, -0.05) is 30.3 Å². The van der Waals surface area contributed by atoms with Gasteiger partial charge in [0.25, 0.3) is 5.91 Å². The van der Waals surface area contributed by atoms with Crippen molar-refractivity contribution in [2.24, 2.45) is 0 Å². The lowest BCUT2D eigenvalue weighted by Gasteiger charge is -2.13. The number of carbonyl (C=O) groups excluding carboxylic acids is 1. The Morgan fingerprint density at radius 2 is 1.89 bits per heavy atom. The fraction of sp³-hybridized carbons (Fsp3) is 0.263. The minimum absolute atomic E-state index is 0.125. The molecule has 9 heteroatoms. The summed E-state index contributed by atoms with van der Waals surface area (Å²) in [4.78, 5) is 18.3. The van der Waals surface area contributed by atoms with Gasteiger partial charge in [-0.2, -0.15) is 0 Å². The third-order valence-electron chi connectivity index (χ3n) is 3.78. The molecule has 148 valence electrons. The number of thiophene rings is 1. The van der Waals surface area contributed by atoms with Crippen molar-refractivity contribution in [2.75, 3.05) is 0 Å². The molecule has 0 bridgehead atoms. The summed E-state index contributed by atoms with van der Waals surface area (Å²) in [5, 5.41) is 5.64. The summed E-state index contributed by atoms with van der Waals surface area (Å²) in [6, 6.07) is 11.0. The number of sulfonamides is 1. The van der Waals surface area contributed by atoms with Crippen LogP contribution in [0.4, 0.5) is 0 Å². The molecule has 6 nitrogen and oxygen atoms in total. The molecule has 0 aliphatic carbocycles. The van der Waals surface area contributed by atoms with Gasteiger partial charge >= 0.3 is 0 Å². The van der Waals surface area contributed by atoms with E-state index in [0.29, 0.717) is 10.4 Å². The average molecular weight is 436 g/mol. The Hall–Kier alpha value is -2.07. The number of thiazole rings is 1. The summed E-state index contributed by atoms with van der Waals surface area (Å²) in [5.41, 5.74) is 1.44. The van der Waals surface area contributed by atoms with Crippen LogP contribution in [0.2, 0.25) is 0 Å². The highest BCUT2D eigenvalue weighted by Crippen LogP contribution is 2.28. The van der Waals surface area contributed by atoms with Crippen molar-refractivity contribution in [3.05, 3.63) is 64.0 Å². The summed E-state index contributed by atoms with van der Waals surface area (Å²) >= 11 is 2.91. The lowest BCUT2D eigenvalue weighted by atomic mass is 10.1. The second-order valence-electron chi connectivity index (χ2n) is 6.49. The van der Waals surface area contributed by atoms with Crippen molar-refractivity contribution in [1.82, 2.24) is 15.0 Å². The summed E-state index contributed by atoms with van der Waals surface area (Å²) in [6.45, 7) is 3.81. The van der Waals surface area contributed by atoms with Gasteiger partial charge in [0, 0.05) is 12.6 Å². The zero-order valence-electron chi connectivity index (χ0n) is 15.5. The van der Waals surface area contributed by atoms with Crippen LogP contribution in [-0.4, -0.2) is 25.4 Å². The lowest BCUT2D eigenvalue weighted by molar-refractivity contribution is 0.0954. The largest absolute Gasteiger partial charge is 0.347 e. The molecule has 3 aromatic rings. The predicted molar refractivity (Wildman–Crippen MR) is 114 cm³/mol. The van der Waals surface area contributed by atoms with Gasteiger partial charge in [-0.15, -0.1) is 22.7 Å². The van der Waals surface area contributed by atoms with E-state index in [9.17, 15) is 13.2 Å². The summed E-state index contributed by atoms with van der Waals surface area (Å²) in [6.07, 6.45) is 1.57. The van der Waals surface area contributed by atoms with E-state index in [-0.39, 0.29) is 24.2 Å². The Kier molecular flexibility index (Phi) is 6.61. The number of amides is 1. The highest BCUT2D eigenvalue weighted by atomic mass is 32.2. The van der Waals surface area contributed by atoms with Crippen LogP contribution >= 0.6 is 22.7 Å². The third-order valence-corrected chi connectivity index (χ3v) is 7.34. The number of nitrogens with zero attached hydrogens (tertiary/aromatic N) is 1. The number of hydrogen-bond acceptors (Lipinski definition) is 6. The second kappa shape index (κ2) is 8.95. The Balaban J connectivity index is 1.67.